The van der Waals surface area contributed by atoms with E-state index in [2.05, 4.69) is 20.9 Å². The Hall–Kier alpha value is -3.02. The molecule has 2 aromatic rings. The van der Waals surface area contributed by atoms with Crippen molar-refractivity contribution in [2.75, 3.05) is 23.3 Å². The van der Waals surface area contributed by atoms with Gasteiger partial charge in [0.25, 0.3) is 5.91 Å². The number of urea groups is 1. The van der Waals surface area contributed by atoms with Crippen LogP contribution in [0, 0.1) is 0 Å². The van der Waals surface area contributed by atoms with E-state index in [0.717, 1.165) is 50.0 Å². The molecule has 1 saturated carbocycles. The van der Waals surface area contributed by atoms with Gasteiger partial charge in [0, 0.05) is 30.5 Å². The van der Waals surface area contributed by atoms with Gasteiger partial charge in [0.2, 0.25) is 0 Å². The molecule has 0 bridgehead atoms. The lowest BCUT2D eigenvalue weighted by Crippen LogP contribution is -2.39. The van der Waals surface area contributed by atoms with Crippen molar-refractivity contribution in [3.8, 4) is 0 Å². The highest BCUT2D eigenvalue weighted by molar-refractivity contribution is 6.02. The van der Waals surface area contributed by atoms with Gasteiger partial charge in [-0.05, 0) is 62.8 Å². The zero-order valence-electron chi connectivity index (χ0n) is 19.6. The molecule has 0 spiro atoms. The number of nitrogens with zero attached hydrogens (tertiary/aromatic N) is 1. The molecular formula is C27H36N4O2. The van der Waals surface area contributed by atoms with E-state index in [1.807, 2.05) is 55.5 Å². The van der Waals surface area contributed by atoms with Crippen molar-refractivity contribution in [1.29, 1.82) is 0 Å². The van der Waals surface area contributed by atoms with Crippen LogP contribution in [0.1, 0.15) is 80.3 Å². The number of amides is 3. The first-order valence-corrected chi connectivity index (χ1v) is 12.4. The van der Waals surface area contributed by atoms with Crippen LogP contribution in [0.15, 0.2) is 48.5 Å². The van der Waals surface area contributed by atoms with Crippen LogP contribution in [0.2, 0.25) is 0 Å². The quantitative estimate of drug-likeness (QED) is 0.537. The van der Waals surface area contributed by atoms with Crippen molar-refractivity contribution in [2.24, 2.45) is 0 Å². The second kappa shape index (κ2) is 11.2. The maximum Gasteiger partial charge on any atom is 0.319 e. The molecule has 1 aliphatic heterocycles. The van der Waals surface area contributed by atoms with Crippen molar-refractivity contribution in [3.05, 3.63) is 59.7 Å². The van der Waals surface area contributed by atoms with Gasteiger partial charge >= 0.3 is 6.03 Å². The van der Waals surface area contributed by atoms with Crippen LogP contribution in [0.5, 0.6) is 0 Å². The Labute approximate surface area is 197 Å². The summed E-state index contributed by atoms with van der Waals surface area (Å²) in [4.78, 5) is 28.2. The highest BCUT2D eigenvalue weighted by atomic mass is 16.2. The molecule has 1 saturated heterocycles. The van der Waals surface area contributed by atoms with E-state index in [9.17, 15) is 9.59 Å². The summed E-state index contributed by atoms with van der Waals surface area (Å²) in [6.45, 7) is 3.89. The fourth-order valence-electron chi connectivity index (χ4n) is 4.91. The van der Waals surface area contributed by atoms with E-state index >= 15 is 0 Å². The molecule has 6 nitrogen and oxygen atoms in total. The molecule has 0 aromatic heterocycles. The van der Waals surface area contributed by atoms with Gasteiger partial charge in [0.05, 0.1) is 11.6 Å². The van der Waals surface area contributed by atoms with E-state index in [4.69, 9.17) is 0 Å². The Kier molecular flexibility index (Phi) is 7.87. The SMILES string of the molecule is CC(NC(=O)c1cc(NC(=O)NC2CCCCC2)ccc1N1CCCCC1)c1ccccc1. The van der Waals surface area contributed by atoms with Gasteiger partial charge in [-0.25, -0.2) is 4.79 Å². The predicted molar refractivity (Wildman–Crippen MR) is 134 cm³/mol. The fourth-order valence-corrected chi connectivity index (χ4v) is 4.91. The standard InChI is InChI=1S/C27H36N4O2/c1-20(21-11-5-2-6-12-21)28-26(32)24-19-23(15-16-25(24)31-17-9-4-10-18-31)30-27(33)29-22-13-7-3-8-14-22/h2,5-6,11-12,15-16,19-20,22H,3-4,7-10,13-14,17-18H2,1H3,(H,28,32)(H2,29,30,33). The number of nitrogens with one attached hydrogen (secondary N) is 3. The molecule has 0 radical (unpaired) electrons. The van der Waals surface area contributed by atoms with Crippen molar-refractivity contribution in [3.63, 3.8) is 0 Å². The number of anilines is 2. The van der Waals surface area contributed by atoms with Crippen molar-refractivity contribution < 1.29 is 9.59 Å². The number of hydrogen-bond donors (Lipinski definition) is 3. The third-order valence-corrected chi connectivity index (χ3v) is 6.78. The smallest absolute Gasteiger partial charge is 0.319 e. The molecule has 33 heavy (non-hydrogen) atoms. The Morgan fingerprint density at radius 1 is 0.909 bits per heavy atom. The van der Waals surface area contributed by atoms with Crippen LogP contribution >= 0.6 is 0 Å². The van der Waals surface area contributed by atoms with Crippen LogP contribution in [0.3, 0.4) is 0 Å². The monoisotopic (exact) mass is 448 g/mol. The molecular weight excluding hydrogens is 412 g/mol. The highest BCUT2D eigenvalue weighted by Crippen LogP contribution is 2.28. The lowest BCUT2D eigenvalue weighted by Gasteiger charge is -2.31. The van der Waals surface area contributed by atoms with E-state index in [1.165, 1.54) is 25.7 Å². The Balaban J connectivity index is 1.51. The molecule has 4 rings (SSSR count). The van der Waals surface area contributed by atoms with Crippen LogP contribution in [-0.2, 0) is 0 Å². The van der Waals surface area contributed by atoms with Crippen LogP contribution in [0.25, 0.3) is 0 Å². The summed E-state index contributed by atoms with van der Waals surface area (Å²) in [6, 6.07) is 15.6. The summed E-state index contributed by atoms with van der Waals surface area (Å²) in [5.41, 5.74) is 3.24. The Bertz CT molecular complexity index is 934. The van der Waals surface area contributed by atoms with Gasteiger partial charge in [-0.2, -0.15) is 0 Å². The first kappa shape index (κ1) is 23.1. The maximum absolute atomic E-state index is 13.4. The molecule has 2 fully saturated rings. The van der Waals surface area contributed by atoms with Gasteiger partial charge in [-0.3, -0.25) is 4.79 Å². The molecule has 1 atom stereocenters. The maximum atomic E-state index is 13.4. The normalized spacial score (nSPS) is 17.8. The van der Waals surface area contributed by atoms with Crippen molar-refractivity contribution >= 4 is 23.3 Å². The van der Waals surface area contributed by atoms with Crippen LogP contribution in [-0.4, -0.2) is 31.1 Å². The van der Waals surface area contributed by atoms with Crippen LogP contribution < -0.4 is 20.9 Å². The van der Waals surface area contributed by atoms with Gasteiger partial charge in [-0.1, -0.05) is 49.6 Å². The largest absolute Gasteiger partial charge is 0.371 e. The van der Waals surface area contributed by atoms with Crippen molar-refractivity contribution in [2.45, 2.75) is 70.4 Å². The number of carbonyl (C=O) groups excluding carboxylic acids is 2. The molecule has 1 aliphatic carbocycles. The molecule has 1 unspecified atom stereocenters. The second-order valence-electron chi connectivity index (χ2n) is 9.32. The van der Waals surface area contributed by atoms with Gasteiger partial charge in [-0.15, -0.1) is 0 Å². The number of carbonyl (C=O) groups is 2. The van der Waals surface area contributed by atoms with Gasteiger partial charge in [0.1, 0.15) is 0 Å². The third-order valence-electron chi connectivity index (χ3n) is 6.78. The first-order valence-electron chi connectivity index (χ1n) is 12.4. The van der Waals surface area contributed by atoms with Gasteiger partial charge in [0.15, 0.2) is 0 Å². The minimum absolute atomic E-state index is 0.112. The Morgan fingerprint density at radius 3 is 2.33 bits per heavy atom. The van der Waals surface area contributed by atoms with Gasteiger partial charge < -0.3 is 20.9 Å². The summed E-state index contributed by atoms with van der Waals surface area (Å²) >= 11 is 0. The average molecular weight is 449 g/mol. The van der Waals surface area contributed by atoms with E-state index in [-0.39, 0.29) is 24.0 Å². The molecule has 2 aliphatic rings. The summed E-state index contributed by atoms with van der Waals surface area (Å²) in [5, 5.41) is 9.18. The summed E-state index contributed by atoms with van der Waals surface area (Å²) < 4.78 is 0. The molecule has 3 N–H and O–H groups in total. The number of rotatable bonds is 6. The third kappa shape index (κ3) is 6.28. The first-order chi connectivity index (χ1) is 16.1. The minimum atomic E-state index is -0.198. The average Bonchev–Trinajstić information content (AvgIpc) is 2.85. The predicted octanol–water partition coefficient (Wildman–Crippen LogP) is 5.62. The molecule has 2 aromatic carbocycles. The number of piperidine rings is 1. The fraction of sp³-hybridized carbons (Fsp3) is 0.481. The molecule has 1 heterocycles. The Morgan fingerprint density at radius 2 is 1.61 bits per heavy atom. The van der Waals surface area contributed by atoms with E-state index < -0.39 is 0 Å². The summed E-state index contributed by atoms with van der Waals surface area (Å²) in [7, 11) is 0. The topological polar surface area (TPSA) is 73.5 Å². The zero-order chi connectivity index (χ0) is 23.0. The lowest BCUT2D eigenvalue weighted by molar-refractivity contribution is 0.0940. The van der Waals surface area contributed by atoms with E-state index in [0.29, 0.717) is 11.3 Å². The van der Waals surface area contributed by atoms with E-state index in [1.54, 1.807) is 0 Å². The van der Waals surface area contributed by atoms with Crippen LogP contribution in [0.4, 0.5) is 16.2 Å². The molecule has 176 valence electrons. The minimum Gasteiger partial charge on any atom is -0.371 e. The molecule has 3 amide bonds. The summed E-state index contributed by atoms with van der Waals surface area (Å²) in [6.07, 6.45) is 9.13. The highest BCUT2D eigenvalue weighted by Gasteiger charge is 2.22. The van der Waals surface area contributed by atoms with Crippen molar-refractivity contribution in [1.82, 2.24) is 10.6 Å². The summed E-state index contributed by atoms with van der Waals surface area (Å²) in [5.74, 6) is -0.122. The lowest BCUT2D eigenvalue weighted by atomic mass is 9.96. The molecule has 6 heteroatoms. The number of benzene rings is 2. The zero-order valence-corrected chi connectivity index (χ0v) is 19.6. The number of hydrogen-bond acceptors (Lipinski definition) is 3. The second-order valence-corrected chi connectivity index (χ2v) is 9.32.